The van der Waals surface area contributed by atoms with E-state index in [0.717, 1.165) is 11.4 Å². The number of carbonyl (C=O) groups is 3. The summed E-state index contributed by atoms with van der Waals surface area (Å²) in [4.78, 5) is 43.5. The van der Waals surface area contributed by atoms with Gasteiger partial charge in [-0.25, -0.2) is 9.78 Å². The van der Waals surface area contributed by atoms with Gasteiger partial charge in [0, 0.05) is 54.0 Å². The van der Waals surface area contributed by atoms with Crippen LogP contribution in [0.1, 0.15) is 5.69 Å². The van der Waals surface area contributed by atoms with Gasteiger partial charge in [-0.2, -0.15) is 0 Å². The fourth-order valence-corrected chi connectivity index (χ4v) is 3.73. The zero-order valence-electron chi connectivity index (χ0n) is 19.0. The molecule has 3 N–H and O–H groups in total. The normalized spacial score (nSPS) is 14.3. The summed E-state index contributed by atoms with van der Waals surface area (Å²) in [5.41, 5.74) is 2.58. The van der Waals surface area contributed by atoms with Gasteiger partial charge in [0.25, 0.3) is 5.91 Å². The van der Waals surface area contributed by atoms with E-state index in [0.29, 0.717) is 29.5 Å². The minimum absolute atomic E-state index is 0.0535. The Kier molecular flexibility index (Phi) is 7.64. The van der Waals surface area contributed by atoms with Crippen molar-refractivity contribution in [3.63, 3.8) is 0 Å². The van der Waals surface area contributed by atoms with Gasteiger partial charge < -0.3 is 30.2 Å². The first-order valence-corrected chi connectivity index (χ1v) is 11.3. The molecule has 35 heavy (non-hydrogen) atoms. The number of ether oxygens (including phenoxy) is 1. The Morgan fingerprint density at radius 3 is 2.43 bits per heavy atom. The number of rotatable bonds is 7. The zero-order chi connectivity index (χ0) is 24.8. The first-order chi connectivity index (χ1) is 16.9. The molecule has 1 fully saturated rings. The molecule has 1 aromatic heterocycles. The highest BCUT2D eigenvalue weighted by Crippen LogP contribution is 2.20. The number of hydrogen-bond acceptors (Lipinski definition) is 5. The van der Waals surface area contributed by atoms with Crippen LogP contribution in [0.4, 0.5) is 21.9 Å². The largest absolute Gasteiger partial charge is 0.370 e. The molecule has 0 spiro atoms. The number of anilines is 3. The van der Waals surface area contributed by atoms with E-state index < -0.39 is 18.0 Å². The summed E-state index contributed by atoms with van der Waals surface area (Å²) in [5, 5.41) is 8.82. The van der Waals surface area contributed by atoms with Gasteiger partial charge in [-0.3, -0.25) is 9.59 Å². The van der Waals surface area contributed by atoms with E-state index in [9.17, 15) is 14.4 Å². The molecule has 4 rings (SSSR count). The van der Waals surface area contributed by atoms with Crippen LogP contribution in [0.3, 0.4) is 0 Å². The van der Waals surface area contributed by atoms with Crippen LogP contribution in [0.25, 0.3) is 0 Å². The van der Waals surface area contributed by atoms with Crippen LogP contribution < -0.4 is 20.9 Å². The van der Waals surface area contributed by atoms with Gasteiger partial charge in [0.05, 0.1) is 12.9 Å². The lowest BCUT2D eigenvalue weighted by Crippen LogP contribution is -2.47. The lowest BCUT2D eigenvalue weighted by atomic mass is 10.1. The molecule has 11 heteroatoms. The standard InChI is InChI=1S/C24H25ClN6O4/c1-30-15-26-13-20(30)12-21(29-24(34)28-18-4-2-16(25)3-5-18)23(33)27-17-6-8-19(9-7-17)31-10-11-35-14-22(31)32/h2-9,13,15,21H,10-12,14H2,1H3,(H,27,33)(H2,28,29,34). The highest BCUT2D eigenvalue weighted by Gasteiger charge is 2.24. The summed E-state index contributed by atoms with van der Waals surface area (Å²) in [6, 6.07) is 12.2. The molecule has 3 aromatic rings. The van der Waals surface area contributed by atoms with Crippen LogP contribution in [0, 0.1) is 0 Å². The summed E-state index contributed by atoms with van der Waals surface area (Å²) in [6.07, 6.45) is 3.51. The summed E-state index contributed by atoms with van der Waals surface area (Å²) < 4.78 is 6.95. The van der Waals surface area contributed by atoms with Gasteiger partial charge in [-0.1, -0.05) is 11.6 Å². The van der Waals surface area contributed by atoms with E-state index >= 15 is 0 Å². The molecule has 10 nitrogen and oxygen atoms in total. The molecular weight excluding hydrogens is 472 g/mol. The van der Waals surface area contributed by atoms with Gasteiger partial charge in [0.2, 0.25) is 5.91 Å². The summed E-state index contributed by atoms with van der Waals surface area (Å²) in [6.45, 7) is 1.01. The van der Waals surface area contributed by atoms with Crippen molar-refractivity contribution >= 4 is 46.5 Å². The number of amides is 4. The molecule has 2 heterocycles. The maximum Gasteiger partial charge on any atom is 0.319 e. The monoisotopic (exact) mass is 496 g/mol. The SMILES string of the molecule is Cn1cncc1CC(NC(=O)Nc1ccc(Cl)cc1)C(=O)Nc1ccc(N2CCOCC2=O)cc1. The number of imidazole rings is 1. The molecule has 0 bridgehead atoms. The second-order valence-corrected chi connectivity index (χ2v) is 8.43. The smallest absolute Gasteiger partial charge is 0.319 e. The number of carbonyl (C=O) groups excluding carboxylic acids is 3. The molecule has 4 amide bonds. The number of nitrogens with one attached hydrogen (secondary N) is 3. The second-order valence-electron chi connectivity index (χ2n) is 7.99. The first-order valence-electron chi connectivity index (χ1n) is 11.0. The number of morpholine rings is 1. The van der Waals surface area contributed by atoms with Crippen molar-refractivity contribution < 1.29 is 19.1 Å². The lowest BCUT2D eigenvalue weighted by molar-refractivity contribution is -0.125. The van der Waals surface area contributed by atoms with Crippen LogP contribution in [-0.4, -0.2) is 53.2 Å². The molecule has 0 radical (unpaired) electrons. The molecule has 1 aliphatic heterocycles. The number of hydrogen-bond donors (Lipinski definition) is 3. The van der Waals surface area contributed by atoms with E-state index in [1.807, 2.05) is 7.05 Å². The fraction of sp³-hybridized carbons (Fsp3) is 0.250. The van der Waals surface area contributed by atoms with Gasteiger partial charge in [0.1, 0.15) is 12.6 Å². The number of nitrogens with zero attached hydrogens (tertiary/aromatic N) is 3. The van der Waals surface area contributed by atoms with Gasteiger partial charge >= 0.3 is 6.03 Å². The molecule has 0 aliphatic carbocycles. The van der Waals surface area contributed by atoms with Crippen LogP contribution >= 0.6 is 11.6 Å². The predicted octanol–water partition coefficient (Wildman–Crippen LogP) is 2.81. The zero-order valence-corrected chi connectivity index (χ0v) is 19.8. The van der Waals surface area contributed by atoms with Crippen molar-refractivity contribution in [3.8, 4) is 0 Å². The van der Waals surface area contributed by atoms with Crippen LogP contribution in [0.2, 0.25) is 5.02 Å². The number of urea groups is 1. The minimum Gasteiger partial charge on any atom is -0.370 e. The summed E-state index contributed by atoms with van der Waals surface area (Å²) in [7, 11) is 1.82. The molecule has 1 unspecified atom stereocenters. The Morgan fingerprint density at radius 2 is 1.77 bits per heavy atom. The van der Waals surface area contributed by atoms with Gasteiger partial charge in [-0.15, -0.1) is 0 Å². The highest BCUT2D eigenvalue weighted by molar-refractivity contribution is 6.30. The minimum atomic E-state index is -0.877. The Morgan fingerprint density at radius 1 is 1.09 bits per heavy atom. The second kappa shape index (κ2) is 11.0. The molecule has 1 saturated heterocycles. The third-order valence-electron chi connectivity index (χ3n) is 5.49. The van der Waals surface area contributed by atoms with Gasteiger partial charge in [0.15, 0.2) is 0 Å². The van der Waals surface area contributed by atoms with Crippen molar-refractivity contribution in [1.82, 2.24) is 14.9 Å². The number of aryl methyl sites for hydroxylation is 1. The number of halogens is 1. The van der Waals surface area contributed by atoms with Gasteiger partial charge in [-0.05, 0) is 48.5 Å². The number of benzene rings is 2. The maximum absolute atomic E-state index is 13.1. The van der Waals surface area contributed by atoms with Crippen molar-refractivity contribution in [2.24, 2.45) is 7.05 Å². The molecule has 2 aromatic carbocycles. The quantitative estimate of drug-likeness (QED) is 0.465. The Balaban J connectivity index is 1.44. The van der Waals surface area contributed by atoms with E-state index in [4.69, 9.17) is 16.3 Å². The van der Waals surface area contributed by atoms with E-state index in [2.05, 4.69) is 20.9 Å². The Labute approximate surface area is 207 Å². The average Bonchev–Trinajstić information content (AvgIpc) is 3.25. The third kappa shape index (κ3) is 6.37. The number of aromatic nitrogens is 2. The summed E-state index contributed by atoms with van der Waals surface area (Å²) >= 11 is 5.89. The topological polar surface area (TPSA) is 118 Å². The molecular formula is C24H25ClN6O4. The van der Waals surface area contributed by atoms with Crippen molar-refractivity contribution in [2.45, 2.75) is 12.5 Å². The molecule has 182 valence electrons. The molecule has 0 saturated carbocycles. The van der Waals surface area contributed by atoms with E-state index in [1.165, 1.54) is 0 Å². The Hall–Kier alpha value is -3.89. The van der Waals surface area contributed by atoms with Crippen molar-refractivity contribution in [3.05, 3.63) is 71.8 Å². The van der Waals surface area contributed by atoms with Crippen molar-refractivity contribution in [2.75, 3.05) is 35.3 Å². The molecule has 1 aliphatic rings. The predicted molar refractivity (Wildman–Crippen MR) is 133 cm³/mol. The molecule has 1 atom stereocenters. The maximum atomic E-state index is 13.1. The van der Waals surface area contributed by atoms with Crippen LogP contribution in [0.15, 0.2) is 61.1 Å². The fourth-order valence-electron chi connectivity index (χ4n) is 3.60. The van der Waals surface area contributed by atoms with E-state index in [-0.39, 0.29) is 18.9 Å². The average molecular weight is 497 g/mol. The Bertz CT molecular complexity index is 1200. The van der Waals surface area contributed by atoms with Crippen molar-refractivity contribution in [1.29, 1.82) is 0 Å². The summed E-state index contributed by atoms with van der Waals surface area (Å²) in [5.74, 6) is -0.507. The third-order valence-corrected chi connectivity index (χ3v) is 5.74. The lowest BCUT2D eigenvalue weighted by Gasteiger charge is -2.27. The first kappa shape index (κ1) is 24.2. The van der Waals surface area contributed by atoms with Crippen LogP contribution in [-0.2, 0) is 27.8 Å². The van der Waals surface area contributed by atoms with Crippen LogP contribution in [0.5, 0.6) is 0 Å². The van der Waals surface area contributed by atoms with E-state index in [1.54, 1.807) is 70.5 Å². The highest BCUT2D eigenvalue weighted by atomic mass is 35.5.